The summed E-state index contributed by atoms with van der Waals surface area (Å²) >= 11 is 0.907. The lowest BCUT2D eigenvalue weighted by atomic mass is 10.1. The van der Waals surface area contributed by atoms with Gasteiger partial charge in [0.05, 0.1) is 4.91 Å². The van der Waals surface area contributed by atoms with Gasteiger partial charge in [-0.1, -0.05) is 18.2 Å². The molecule has 3 rings (SSSR count). The van der Waals surface area contributed by atoms with Gasteiger partial charge in [0.15, 0.2) is 0 Å². The molecule has 144 valence electrons. The number of benzene rings is 1. The average molecular weight is 389 g/mol. The predicted molar refractivity (Wildman–Crippen MR) is 106 cm³/mol. The predicted octanol–water partition coefficient (Wildman–Crippen LogP) is 3.07. The van der Waals surface area contributed by atoms with Gasteiger partial charge >= 0.3 is 6.09 Å². The molecule has 0 unspecified atom stereocenters. The number of para-hydroxylation sites is 1. The Kier molecular flexibility index (Phi) is 5.46. The molecule has 0 atom stereocenters. The number of ether oxygens (including phenoxy) is 1. The Balaban J connectivity index is 1.70. The van der Waals surface area contributed by atoms with Crippen LogP contribution in [-0.4, -0.2) is 53.9 Å². The second kappa shape index (κ2) is 7.64. The number of rotatable bonds is 2. The summed E-state index contributed by atoms with van der Waals surface area (Å²) in [7, 11) is 0. The first-order valence-corrected chi connectivity index (χ1v) is 9.61. The molecule has 2 fully saturated rings. The van der Waals surface area contributed by atoms with Crippen LogP contribution in [0.5, 0.6) is 0 Å². The third-order valence-electron chi connectivity index (χ3n) is 4.14. The van der Waals surface area contributed by atoms with Crippen molar-refractivity contribution in [3.63, 3.8) is 0 Å². The van der Waals surface area contributed by atoms with Gasteiger partial charge < -0.3 is 14.5 Å². The minimum atomic E-state index is -0.510. The van der Waals surface area contributed by atoms with Crippen molar-refractivity contribution in [2.24, 2.45) is 0 Å². The molecular weight excluding hydrogens is 366 g/mol. The SMILES string of the molecule is CC(C)(C)OC(=O)N1CCN(c2ccccc2/C=C2\SC(=O)NC2=O)CC1. The molecule has 8 heteroatoms. The van der Waals surface area contributed by atoms with Crippen molar-refractivity contribution >= 4 is 40.8 Å². The van der Waals surface area contributed by atoms with Gasteiger partial charge in [0.25, 0.3) is 11.1 Å². The van der Waals surface area contributed by atoms with Crippen molar-refractivity contribution in [1.29, 1.82) is 0 Å². The number of carbonyl (C=O) groups is 3. The number of anilines is 1. The standard InChI is InChI=1S/C19H23N3O4S/c1-19(2,3)26-18(25)22-10-8-21(9-11-22)14-7-5-4-6-13(14)12-15-16(23)20-17(24)27-15/h4-7,12H,8-11H2,1-3H3,(H,20,23,24)/b15-12-. The van der Waals surface area contributed by atoms with Crippen molar-refractivity contribution in [2.75, 3.05) is 31.1 Å². The Labute approximate surface area is 162 Å². The number of carbonyl (C=O) groups excluding carboxylic acids is 3. The summed E-state index contributed by atoms with van der Waals surface area (Å²) in [4.78, 5) is 39.7. The van der Waals surface area contributed by atoms with Gasteiger partial charge in [-0.3, -0.25) is 14.9 Å². The van der Waals surface area contributed by atoms with Gasteiger partial charge in [-0.2, -0.15) is 0 Å². The maximum absolute atomic E-state index is 12.2. The molecule has 27 heavy (non-hydrogen) atoms. The maximum Gasteiger partial charge on any atom is 0.410 e. The highest BCUT2D eigenvalue weighted by Crippen LogP contribution is 2.30. The third-order valence-corrected chi connectivity index (χ3v) is 4.95. The minimum absolute atomic E-state index is 0.296. The minimum Gasteiger partial charge on any atom is -0.444 e. The van der Waals surface area contributed by atoms with Crippen LogP contribution in [0.2, 0.25) is 0 Å². The van der Waals surface area contributed by atoms with Gasteiger partial charge in [-0.05, 0) is 50.2 Å². The van der Waals surface area contributed by atoms with E-state index in [0.29, 0.717) is 31.1 Å². The fourth-order valence-corrected chi connectivity index (χ4v) is 3.59. The number of nitrogens with one attached hydrogen (secondary N) is 1. The van der Waals surface area contributed by atoms with Gasteiger partial charge in [-0.15, -0.1) is 0 Å². The summed E-state index contributed by atoms with van der Waals surface area (Å²) in [5.41, 5.74) is 1.33. The molecule has 0 saturated carbocycles. The van der Waals surface area contributed by atoms with Crippen molar-refractivity contribution in [3.8, 4) is 0 Å². The highest BCUT2D eigenvalue weighted by atomic mass is 32.2. The summed E-state index contributed by atoms with van der Waals surface area (Å²) in [6.07, 6.45) is 1.44. The smallest absolute Gasteiger partial charge is 0.410 e. The Bertz CT molecular complexity index is 792. The number of amides is 3. The van der Waals surface area contributed by atoms with E-state index in [1.165, 1.54) is 0 Å². The molecule has 7 nitrogen and oxygen atoms in total. The number of thioether (sulfide) groups is 1. The number of hydrogen-bond acceptors (Lipinski definition) is 6. The van der Waals surface area contributed by atoms with E-state index in [1.54, 1.807) is 11.0 Å². The molecule has 2 aliphatic rings. The molecule has 2 heterocycles. The zero-order valence-corrected chi connectivity index (χ0v) is 16.5. The van der Waals surface area contributed by atoms with E-state index >= 15 is 0 Å². The van der Waals surface area contributed by atoms with Crippen LogP contribution in [0.15, 0.2) is 29.2 Å². The number of imide groups is 1. The van der Waals surface area contributed by atoms with E-state index in [2.05, 4.69) is 10.2 Å². The second-order valence-corrected chi connectivity index (χ2v) is 8.38. The van der Waals surface area contributed by atoms with Gasteiger partial charge in [0.2, 0.25) is 0 Å². The molecule has 0 bridgehead atoms. The van der Waals surface area contributed by atoms with E-state index in [0.717, 1.165) is 23.0 Å². The number of hydrogen-bond donors (Lipinski definition) is 1. The number of piperazine rings is 1. The van der Waals surface area contributed by atoms with E-state index in [9.17, 15) is 14.4 Å². The van der Waals surface area contributed by atoms with Crippen LogP contribution in [0.25, 0.3) is 6.08 Å². The van der Waals surface area contributed by atoms with Crippen molar-refractivity contribution in [3.05, 3.63) is 34.7 Å². The summed E-state index contributed by atoms with van der Waals surface area (Å²) in [6.45, 7) is 8.02. The van der Waals surface area contributed by atoms with Crippen molar-refractivity contribution in [1.82, 2.24) is 10.2 Å². The third kappa shape index (κ3) is 4.82. The molecule has 0 aliphatic carbocycles. The highest BCUT2D eigenvalue weighted by Gasteiger charge is 2.28. The highest BCUT2D eigenvalue weighted by molar-refractivity contribution is 8.18. The monoisotopic (exact) mass is 389 g/mol. The first kappa shape index (κ1) is 19.3. The Hall–Kier alpha value is -2.48. The largest absolute Gasteiger partial charge is 0.444 e. The molecule has 3 amide bonds. The first-order valence-electron chi connectivity index (χ1n) is 8.80. The van der Waals surface area contributed by atoms with Crippen molar-refractivity contribution in [2.45, 2.75) is 26.4 Å². The topological polar surface area (TPSA) is 79.0 Å². The Morgan fingerprint density at radius 2 is 1.81 bits per heavy atom. The Morgan fingerprint density at radius 3 is 2.41 bits per heavy atom. The molecule has 1 N–H and O–H groups in total. The summed E-state index contributed by atoms with van der Waals surface area (Å²) in [5.74, 6) is -0.366. The van der Waals surface area contributed by atoms with Gasteiger partial charge in [0.1, 0.15) is 5.60 Å². The zero-order valence-electron chi connectivity index (χ0n) is 15.7. The van der Waals surface area contributed by atoms with Crippen LogP contribution in [0, 0.1) is 0 Å². The van der Waals surface area contributed by atoms with Crippen LogP contribution < -0.4 is 10.2 Å². The van der Waals surface area contributed by atoms with E-state index < -0.39 is 5.60 Å². The summed E-state index contributed by atoms with van der Waals surface area (Å²) in [5, 5.41) is 1.92. The fourth-order valence-electron chi connectivity index (χ4n) is 2.92. The maximum atomic E-state index is 12.2. The molecule has 2 aliphatic heterocycles. The lowest BCUT2D eigenvalue weighted by Gasteiger charge is -2.37. The quantitative estimate of drug-likeness (QED) is 0.783. The zero-order chi connectivity index (χ0) is 19.6. The van der Waals surface area contributed by atoms with E-state index in [4.69, 9.17) is 4.74 Å². The lowest BCUT2D eigenvalue weighted by Crippen LogP contribution is -2.50. The number of nitrogens with zero attached hydrogens (tertiary/aromatic N) is 2. The lowest BCUT2D eigenvalue weighted by molar-refractivity contribution is -0.115. The van der Waals surface area contributed by atoms with E-state index in [1.807, 2.05) is 45.0 Å². The van der Waals surface area contributed by atoms with Crippen LogP contribution in [0.4, 0.5) is 15.3 Å². The second-order valence-electron chi connectivity index (χ2n) is 7.37. The van der Waals surface area contributed by atoms with E-state index in [-0.39, 0.29) is 17.2 Å². The Morgan fingerprint density at radius 1 is 1.15 bits per heavy atom. The fraction of sp³-hybridized carbons (Fsp3) is 0.421. The van der Waals surface area contributed by atoms with Crippen LogP contribution in [-0.2, 0) is 9.53 Å². The van der Waals surface area contributed by atoms with Gasteiger partial charge in [0, 0.05) is 31.9 Å². The molecular formula is C19H23N3O4S. The van der Waals surface area contributed by atoms with Crippen LogP contribution >= 0.6 is 11.8 Å². The average Bonchev–Trinajstić information content (AvgIpc) is 2.91. The van der Waals surface area contributed by atoms with Crippen LogP contribution in [0.1, 0.15) is 26.3 Å². The van der Waals surface area contributed by atoms with Gasteiger partial charge in [-0.25, -0.2) is 4.79 Å². The normalized spacial score (nSPS) is 19.4. The summed E-state index contributed by atoms with van der Waals surface area (Å²) in [6, 6.07) is 7.73. The molecule has 2 saturated heterocycles. The molecule has 1 aromatic rings. The first-order chi connectivity index (χ1) is 12.7. The molecule has 0 spiro atoms. The summed E-state index contributed by atoms with van der Waals surface area (Å²) < 4.78 is 5.43. The molecule has 1 aromatic carbocycles. The van der Waals surface area contributed by atoms with Crippen molar-refractivity contribution < 1.29 is 19.1 Å². The molecule has 0 aromatic heterocycles. The van der Waals surface area contributed by atoms with Crippen LogP contribution in [0.3, 0.4) is 0 Å². The molecule has 0 radical (unpaired) electrons.